The first-order valence-corrected chi connectivity index (χ1v) is 15.2. The Kier molecular flexibility index (Phi) is 8.22. The zero-order chi connectivity index (χ0) is 30.8. The standard InChI is InChI=1S/C31H35FN10O3/c1-20-14-21(2-7-27(20)45-28-8-9-42(16-25(28)32)30(43)26-15-35-39-38-26)29-33-19-34-31(37-29)36-22-3-5-23(6-4-22)40-10-12-41(13-11-40)24-17-44-18-24/h2-7,14-15,19,24-25,28H,8-13,16-18H2,1H3,(H,35,38,39)(H,33,34,36,37)/t25-,28+/m1/s1. The van der Waals surface area contributed by atoms with Crippen molar-refractivity contribution in [2.24, 2.45) is 0 Å². The van der Waals surface area contributed by atoms with Gasteiger partial charge in [0.15, 0.2) is 17.7 Å². The van der Waals surface area contributed by atoms with Crippen LogP contribution in [0.15, 0.2) is 55.0 Å². The summed E-state index contributed by atoms with van der Waals surface area (Å²) >= 11 is 0. The average molecular weight is 615 g/mol. The maximum Gasteiger partial charge on any atom is 0.276 e. The second-order valence-electron chi connectivity index (χ2n) is 11.6. The van der Waals surface area contributed by atoms with E-state index in [1.165, 1.54) is 23.1 Å². The van der Waals surface area contributed by atoms with E-state index < -0.39 is 12.3 Å². The van der Waals surface area contributed by atoms with Gasteiger partial charge in [0, 0.05) is 56.1 Å². The van der Waals surface area contributed by atoms with Crippen molar-refractivity contribution >= 4 is 23.2 Å². The Morgan fingerprint density at radius 2 is 1.89 bits per heavy atom. The number of rotatable bonds is 8. The van der Waals surface area contributed by atoms with Gasteiger partial charge < -0.3 is 24.6 Å². The normalized spacial score (nSPS) is 20.9. The minimum atomic E-state index is -1.34. The molecule has 5 heterocycles. The highest BCUT2D eigenvalue weighted by Crippen LogP contribution is 2.29. The van der Waals surface area contributed by atoms with Gasteiger partial charge >= 0.3 is 0 Å². The first kappa shape index (κ1) is 29.0. The number of ether oxygens (including phenoxy) is 2. The number of H-pyrrole nitrogens is 1. The van der Waals surface area contributed by atoms with Crippen LogP contribution in [0, 0.1) is 6.92 Å². The average Bonchev–Trinajstić information content (AvgIpc) is 3.58. The van der Waals surface area contributed by atoms with E-state index in [0.717, 1.165) is 56.2 Å². The highest BCUT2D eigenvalue weighted by atomic mass is 19.1. The van der Waals surface area contributed by atoms with Crippen LogP contribution in [0.25, 0.3) is 11.4 Å². The molecule has 3 aliphatic heterocycles. The number of alkyl halides is 1. The summed E-state index contributed by atoms with van der Waals surface area (Å²) in [6.45, 7) is 8.03. The third-order valence-electron chi connectivity index (χ3n) is 8.63. The molecule has 3 saturated heterocycles. The highest BCUT2D eigenvalue weighted by molar-refractivity contribution is 5.92. The van der Waals surface area contributed by atoms with E-state index in [9.17, 15) is 4.79 Å². The Labute approximate surface area is 259 Å². The number of hydrogen-bond donors (Lipinski definition) is 2. The fraction of sp³-hybridized carbons (Fsp3) is 0.419. The number of aromatic nitrogens is 6. The van der Waals surface area contributed by atoms with Crippen molar-refractivity contribution in [2.75, 3.05) is 62.7 Å². The van der Waals surface area contributed by atoms with E-state index in [0.29, 0.717) is 36.5 Å². The molecule has 45 heavy (non-hydrogen) atoms. The lowest BCUT2D eigenvalue weighted by Gasteiger charge is -2.43. The predicted octanol–water partition coefficient (Wildman–Crippen LogP) is 2.86. The number of hydrogen-bond acceptors (Lipinski definition) is 11. The maximum atomic E-state index is 15.1. The molecule has 0 spiro atoms. The number of carbonyl (C=O) groups excluding carboxylic acids is 1. The van der Waals surface area contributed by atoms with Crippen molar-refractivity contribution in [2.45, 2.75) is 31.7 Å². The van der Waals surface area contributed by atoms with Gasteiger partial charge in [-0.1, -0.05) is 0 Å². The number of halogens is 1. The molecule has 0 radical (unpaired) electrons. The number of piperidine rings is 1. The van der Waals surface area contributed by atoms with E-state index in [1.54, 1.807) is 6.07 Å². The lowest BCUT2D eigenvalue weighted by molar-refractivity contribution is -0.0660. The summed E-state index contributed by atoms with van der Waals surface area (Å²) in [6, 6.07) is 14.5. The number of aryl methyl sites for hydroxylation is 1. The van der Waals surface area contributed by atoms with Gasteiger partial charge in [-0.15, -0.1) is 0 Å². The Morgan fingerprint density at radius 3 is 2.58 bits per heavy atom. The largest absolute Gasteiger partial charge is 0.487 e. The zero-order valence-corrected chi connectivity index (χ0v) is 25.0. The summed E-state index contributed by atoms with van der Waals surface area (Å²) in [5.41, 5.74) is 3.87. The molecule has 7 rings (SSSR count). The number of anilines is 3. The van der Waals surface area contributed by atoms with Crippen molar-refractivity contribution in [3.63, 3.8) is 0 Å². The molecular weight excluding hydrogens is 579 g/mol. The zero-order valence-electron chi connectivity index (χ0n) is 25.0. The van der Waals surface area contributed by atoms with Crippen LogP contribution in [-0.2, 0) is 4.74 Å². The molecule has 2 N–H and O–H groups in total. The van der Waals surface area contributed by atoms with Crippen LogP contribution in [0.1, 0.15) is 22.5 Å². The Hall–Kier alpha value is -4.69. The van der Waals surface area contributed by atoms with Crippen molar-refractivity contribution < 1.29 is 18.7 Å². The molecule has 1 amide bonds. The van der Waals surface area contributed by atoms with Crippen LogP contribution in [0.2, 0.25) is 0 Å². The molecule has 13 nitrogen and oxygen atoms in total. The Balaban J connectivity index is 0.947. The highest BCUT2D eigenvalue weighted by Gasteiger charge is 2.34. The summed E-state index contributed by atoms with van der Waals surface area (Å²) in [5.74, 6) is 1.18. The maximum absolute atomic E-state index is 15.1. The van der Waals surface area contributed by atoms with Gasteiger partial charge in [-0.05, 0) is 55.0 Å². The van der Waals surface area contributed by atoms with Crippen molar-refractivity contribution in [3.8, 4) is 17.1 Å². The molecule has 3 aliphatic rings. The SMILES string of the molecule is Cc1cc(-c2ncnc(Nc3ccc(N4CCN(C5COC5)CC4)cc3)n2)ccc1O[C@H]1CCN(C(=O)c2cn[nH]n2)C[C@H]1F. The number of piperazine rings is 1. The molecule has 4 aromatic rings. The van der Waals surface area contributed by atoms with Crippen LogP contribution in [0.3, 0.4) is 0 Å². The van der Waals surface area contributed by atoms with Gasteiger partial charge in [-0.2, -0.15) is 20.4 Å². The number of amides is 1. The molecule has 2 aromatic carbocycles. The smallest absolute Gasteiger partial charge is 0.276 e. The minimum absolute atomic E-state index is 0.0651. The third-order valence-corrected chi connectivity index (χ3v) is 8.63. The number of likely N-dealkylation sites (tertiary alicyclic amines) is 1. The summed E-state index contributed by atoms with van der Waals surface area (Å²) in [5, 5.41) is 13.1. The van der Waals surface area contributed by atoms with E-state index >= 15 is 4.39 Å². The topological polar surface area (TPSA) is 138 Å². The van der Waals surface area contributed by atoms with Gasteiger partial charge in [-0.3, -0.25) is 9.69 Å². The van der Waals surface area contributed by atoms with Gasteiger partial charge in [0.25, 0.3) is 5.91 Å². The fourth-order valence-electron chi connectivity index (χ4n) is 5.91. The molecule has 14 heteroatoms. The van der Waals surface area contributed by atoms with Gasteiger partial charge in [-0.25, -0.2) is 14.4 Å². The van der Waals surface area contributed by atoms with Crippen molar-refractivity contribution in [3.05, 3.63) is 66.2 Å². The lowest BCUT2D eigenvalue weighted by atomic mass is 10.0. The Bertz CT molecular complexity index is 1610. The van der Waals surface area contributed by atoms with Crippen LogP contribution in [0.5, 0.6) is 5.75 Å². The first-order valence-electron chi connectivity index (χ1n) is 15.2. The molecular formula is C31H35FN10O3. The molecule has 0 aliphatic carbocycles. The predicted molar refractivity (Wildman–Crippen MR) is 164 cm³/mol. The molecule has 0 unspecified atom stereocenters. The van der Waals surface area contributed by atoms with Crippen molar-refractivity contribution in [1.82, 2.24) is 40.2 Å². The molecule has 0 saturated carbocycles. The van der Waals surface area contributed by atoms with Gasteiger partial charge in [0.05, 0.1) is 32.0 Å². The molecule has 234 valence electrons. The summed E-state index contributed by atoms with van der Waals surface area (Å²) < 4.78 is 26.5. The number of aromatic amines is 1. The van der Waals surface area contributed by atoms with Crippen LogP contribution in [0.4, 0.5) is 21.7 Å². The summed E-state index contributed by atoms with van der Waals surface area (Å²) in [6.07, 6.45) is 1.18. The number of nitrogens with one attached hydrogen (secondary N) is 2. The third kappa shape index (κ3) is 6.42. The van der Waals surface area contributed by atoms with Crippen LogP contribution < -0.4 is 15.0 Å². The number of nitrogens with zero attached hydrogens (tertiary/aromatic N) is 8. The molecule has 3 fully saturated rings. The molecule has 2 atom stereocenters. The van der Waals surface area contributed by atoms with E-state index in [4.69, 9.17) is 9.47 Å². The van der Waals surface area contributed by atoms with E-state index in [-0.39, 0.29) is 18.1 Å². The molecule has 0 bridgehead atoms. The number of carbonyl (C=O) groups is 1. The van der Waals surface area contributed by atoms with Crippen molar-refractivity contribution in [1.29, 1.82) is 0 Å². The quantitative estimate of drug-likeness (QED) is 0.303. The summed E-state index contributed by atoms with van der Waals surface area (Å²) in [7, 11) is 0. The second kappa shape index (κ2) is 12.7. The minimum Gasteiger partial charge on any atom is -0.487 e. The van der Waals surface area contributed by atoms with Crippen LogP contribution in [-0.4, -0.2) is 117 Å². The second-order valence-corrected chi connectivity index (χ2v) is 11.6. The monoisotopic (exact) mass is 614 g/mol. The molecule has 2 aromatic heterocycles. The number of benzene rings is 2. The fourth-order valence-corrected chi connectivity index (χ4v) is 5.91. The van der Waals surface area contributed by atoms with E-state index in [1.807, 2.05) is 31.2 Å². The van der Waals surface area contributed by atoms with Gasteiger partial charge in [0.1, 0.15) is 18.2 Å². The van der Waals surface area contributed by atoms with Crippen LogP contribution >= 0.6 is 0 Å². The van der Waals surface area contributed by atoms with Gasteiger partial charge in [0.2, 0.25) is 5.95 Å². The lowest BCUT2D eigenvalue weighted by Crippen LogP contribution is -2.56. The summed E-state index contributed by atoms with van der Waals surface area (Å²) in [4.78, 5) is 32.2. The Morgan fingerprint density at radius 1 is 1.07 bits per heavy atom. The van der Waals surface area contributed by atoms with E-state index in [2.05, 4.69) is 57.6 Å². The first-order chi connectivity index (χ1) is 22.0.